The first-order chi connectivity index (χ1) is 11.1. The lowest BCUT2D eigenvalue weighted by molar-refractivity contribution is -0.287. The largest absolute Gasteiger partial charge is 0.459 e. The van der Waals surface area contributed by atoms with Crippen LogP contribution in [0.15, 0.2) is 24.3 Å². The number of hydrogen-bond donors (Lipinski definition) is 5. The molecule has 24 heavy (non-hydrogen) atoms. The first-order valence-electron chi connectivity index (χ1n) is 7.66. The van der Waals surface area contributed by atoms with Gasteiger partial charge in [-0.1, -0.05) is 12.2 Å². The van der Waals surface area contributed by atoms with E-state index in [9.17, 15) is 30.3 Å². The summed E-state index contributed by atoms with van der Waals surface area (Å²) in [7, 11) is 0. The zero-order valence-corrected chi connectivity index (χ0v) is 13.8. The Morgan fingerprint density at radius 2 is 1.88 bits per heavy atom. The summed E-state index contributed by atoms with van der Waals surface area (Å²) in [5.74, 6) is -0.654. The Labute approximate surface area is 140 Å². The second-order valence-electron chi connectivity index (χ2n) is 6.12. The van der Waals surface area contributed by atoms with Crippen LogP contribution in [0.3, 0.4) is 0 Å². The molecule has 0 aromatic heterocycles. The molecule has 0 saturated carbocycles. The standard InChI is InChI=1S/C16H26O8/c1-4-16(3,22)7-5-6-9(2)14(20)23-8-10-11(17)12(18)13(19)15(21)24-10/h4,6,10-13,15,17-19,21-22H,1,5,7-8H2,2-3H3/b9-6+/t10?,11-,12?,13?,15?,16-/m1/s1. The molecule has 1 heterocycles. The minimum Gasteiger partial charge on any atom is -0.459 e. The predicted molar refractivity (Wildman–Crippen MR) is 83.7 cm³/mol. The van der Waals surface area contributed by atoms with Gasteiger partial charge < -0.3 is 35.0 Å². The molecule has 0 amide bonds. The molecular formula is C16H26O8. The second kappa shape index (κ2) is 8.70. The van der Waals surface area contributed by atoms with Gasteiger partial charge in [-0.2, -0.15) is 0 Å². The van der Waals surface area contributed by atoms with Crippen LogP contribution in [0.2, 0.25) is 0 Å². The molecule has 1 aliphatic heterocycles. The fourth-order valence-electron chi connectivity index (χ4n) is 2.11. The highest BCUT2D eigenvalue weighted by Crippen LogP contribution is 2.20. The van der Waals surface area contributed by atoms with Crippen LogP contribution in [-0.2, 0) is 14.3 Å². The summed E-state index contributed by atoms with van der Waals surface area (Å²) >= 11 is 0. The summed E-state index contributed by atoms with van der Waals surface area (Å²) < 4.78 is 9.88. The van der Waals surface area contributed by atoms with Gasteiger partial charge in [-0.25, -0.2) is 4.79 Å². The Hall–Kier alpha value is -1.29. The van der Waals surface area contributed by atoms with Crippen molar-refractivity contribution in [2.75, 3.05) is 6.61 Å². The first kappa shape index (κ1) is 20.8. The van der Waals surface area contributed by atoms with E-state index >= 15 is 0 Å². The summed E-state index contributed by atoms with van der Waals surface area (Å²) in [4.78, 5) is 11.9. The SMILES string of the molecule is C=C[C@@](C)(O)CC/C=C(\C)C(=O)OCC1OC(O)C(O)C(O)[C@@H]1O. The number of hydrogen-bond acceptors (Lipinski definition) is 8. The highest BCUT2D eigenvalue weighted by Gasteiger charge is 2.43. The van der Waals surface area contributed by atoms with Gasteiger partial charge in [0.25, 0.3) is 0 Å². The normalized spacial score (nSPS) is 33.6. The van der Waals surface area contributed by atoms with E-state index in [-0.39, 0.29) is 0 Å². The Morgan fingerprint density at radius 1 is 1.25 bits per heavy atom. The third-order valence-corrected chi connectivity index (χ3v) is 3.93. The molecule has 1 fully saturated rings. The van der Waals surface area contributed by atoms with Gasteiger partial charge in [0.2, 0.25) is 0 Å². The Kier molecular flexibility index (Phi) is 7.53. The predicted octanol–water partition coefficient (Wildman–Crippen LogP) is -1.01. The molecule has 1 aliphatic rings. The highest BCUT2D eigenvalue weighted by atomic mass is 16.6. The zero-order valence-electron chi connectivity index (χ0n) is 13.8. The van der Waals surface area contributed by atoms with Crippen molar-refractivity contribution in [3.8, 4) is 0 Å². The van der Waals surface area contributed by atoms with E-state index < -0.39 is 48.9 Å². The van der Waals surface area contributed by atoms with Crippen LogP contribution >= 0.6 is 0 Å². The summed E-state index contributed by atoms with van der Waals surface area (Å²) in [6.45, 7) is 6.26. The lowest BCUT2D eigenvalue weighted by Gasteiger charge is -2.37. The van der Waals surface area contributed by atoms with Crippen molar-refractivity contribution in [3.05, 3.63) is 24.3 Å². The van der Waals surface area contributed by atoms with Crippen LogP contribution in [0.5, 0.6) is 0 Å². The van der Waals surface area contributed by atoms with Crippen molar-refractivity contribution in [1.29, 1.82) is 0 Å². The maximum Gasteiger partial charge on any atom is 0.333 e. The van der Waals surface area contributed by atoms with Gasteiger partial charge in [0.1, 0.15) is 31.0 Å². The quantitative estimate of drug-likeness (QED) is 0.225. The van der Waals surface area contributed by atoms with E-state index in [0.717, 1.165) is 0 Å². The van der Waals surface area contributed by atoms with Crippen molar-refractivity contribution in [1.82, 2.24) is 0 Å². The Bertz CT molecular complexity index is 473. The van der Waals surface area contributed by atoms with E-state index in [2.05, 4.69) is 6.58 Å². The van der Waals surface area contributed by atoms with E-state index in [1.807, 2.05) is 0 Å². The molecule has 0 aromatic rings. The average Bonchev–Trinajstić information content (AvgIpc) is 2.54. The molecule has 4 unspecified atom stereocenters. The van der Waals surface area contributed by atoms with E-state index in [4.69, 9.17) is 9.47 Å². The number of aliphatic hydroxyl groups is 5. The van der Waals surface area contributed by atoms with Crippen LogP contribution in [0.4, 0.5) is 0 Å². The van der Waals surface area contributed by atoms with Crippen molar-refractivity contribution >= 4 is 5.97 Å². The lowest BCUT2D eigenvalue weighted by Crippen LogP contribution is -2.58. The summed E-state index contributed by atoms with van der Waals surface area (Å²) in [6, 6.07) is 0. The number of ether oxygens (including phenoxy) is 2. The van der Waals surface area contributed by atoms with Crippen LogP contribution in [0.1, 0.15) is 26.7 Å². The monoisotopic (exact) mass is 346 g/mol. The fraction of sp³-hybridized carbons (Fsp3) is 0.688. The van der Waals surface area contributed by atoms with Crippen molar-refractivity contribution < 1.29 is 39.8 Å². The molecule has 1 saturated heterocycles. The van der Waals surface area contributed by atoms with Crippen molar-refractivity contribution in [3.63, 3.8) is 0 Å². The van der Waals surface area contributed by atoms with Gasteiger partial charge >= 0.3 is 5.97 Å². The molecule has 5 N–H and O–H groups in total. The average molecular weight is 346 g/mol. The topological polar surface area (TPSA) is 137 Å². The third-order valence-electron chi connectivity index (χ3n) is 3.93. The first-order valence-corrected chi connectivity index (χ1v) is 7.66. The minimum absolute atomic E-state index is 0.307. The number of rotatable bonds is 7. The number of carbonyl (C=O) groups is 1. The van der Waals surface area contributed by atoms with Gasteiger partial charge in [-0.15, -0.1) is 6.58 Å². The molecule has 0 radical (unpaired) electrons. The number of esters is 1. The highest BCUT2D eigenvalue weighted by molar-refractivity contribution is 5.87. The Balaban J connectivity index is 2.48. The lowest BCUT2D eigenvalue weighted by atomic mass is 9.99. The van der Waals surface area contributed by atoms with Gasteiger partial charge in [0.15, 0.2) is 6.29 Å². The van der Waals surface area contributed by atoms with E-state index in [1.54, 1.807) is 13.0 Å². The maximum absolute atomic E-state index is 11.9. The van der Waals surface area contributed by atoms with Gasteiger partial charge in [0, 0.05) is 5.57 Å². The van der Waals surface area contributed by atoms with E-state index in [1.165, 1.54) is 13.0 Å². The fourth-order valence-corrected chi connectivity index (χ4v) is 2.11. The molecule has 8 heteroatoms. The maximum atomic E-state index is 11.9. The molecule has 0 aliphatic carbocycles. The van der Waals surface area contributed by atoms with Gasteiger partial charge in [0.05, 0.1) is 5.60 Å². The summed E-state index contributed by atoms with van der Waals surface area (Å²) in [6.07, 6.45) is -3.72. The van der Waals surface area contributed by atoms with Crippen LogP contribution in [0, 0.1) is 0 Å². The molecule has 1 rings (SSSR count). The van der Waals surface area contributed by atoms with E-state index in [0.29, 0.717) is 18.4 Å². The van der Waals surface area contributed by atoms with Crippen LogP contribution in [-0.4, -0.2) is 74.4 Å². The van der Waals surface area contributed by atoms with Crippen LogP contribution < -0.4 is 0 Å². The summed E-state index contributed by atoms with van der Waals surface area (Å²) in [5, 5.41) is 47.8. The molecule has 138 valence electrons. The van der Waals surface area contributed by atoms with Gasteiger partial charge in [-0.3, -0.25) is 0 Å². The molecule has 8 nitrogen and oxygen atoms in total. The zero-order chi connectivity index (χ0) is 18.5. The number of aliphatic hydroxyl groups excluding tert-OH is 4. The van der Waals surface area contributed by atoms with Crippen molar-refractivity contribution in [2.24, 2.45) is 0 Å². The van der Waals surface area contributed by atoms with Crippen LogP contribution in [0.25, 0.3) is 0 Å². The minimum atomic E-state index is -1.68. The second-order valence-corrected chi connectivity index (χ2v) is 6.12. The number of carbonyl (C=O) groups excluding carboxylic acids is 1. The smallest absolute Gasteiger partial charge is 0.333 e. The third kappa shape index (κ3) is 5.66. The van der Waals surface area contributed by atoms with Gasteiger partial charge in [-0.05, 0) is 26.7 Å². The molecule has 6 atom stereocenters. The molecule has 0 spiro atoms. The summed E-state index contributed by atoms with van der Waals surface area (Å²) in [5.41, 5.74) is -0.713. The number of allylic oxidation sites excluding steroid dienone is 1. The van der Waals surface area contributed by atoms with Crippen molar-refractivity contribution in [2.45, 2.75) is 63.0 Å². The Morgan fingerprint density at radius 3 is 2.46 bits per heavy atom. The molecular weight excluding hydrogens is 320 g/mol. The molecule has 0 bridgehead atoms. The molecule has 0 aromatic carbocycles.